The van der Waals surface area contributed by atoms with Crippen molar-refractivity contribution in [3.05, 3.63) is 34.9 Å². The summed E-state index contributed by atoms with van der Waals surface area (Å²) in [5.74, 6) is 0.521. The first-order valence-corrected chi connectivity index (χ1v) is 5.68. The van der Waals surface area contributed by atoms with Gasteiger partial charge in [0.25, 0.3) is 0 Å². The van der Waals surface area contributed by atoms with Gasteiger partial charge in [0.15, 0.2) is 0 Å². The summed E-state index contributed by atoms with van der Waals surface area (Å²) in [6.07, 6.45) is 0.778. The summed E-state index contributed by atoms with van der Waals surface area (Å²) in [5.41, 5.74) is 4.13. The molecule has 1 fully saturated rings. The maximum Gasteiger partial charge on any atom is 0.0603 e. The molecule has 1 aliphatic carbocycles. The fourth-order valence-corrected chi connectivity index (χ4v) is 2.65. The van der Waals surface area contributed by atoms with Crippen LogP contribution in [0.15, 0.2) is 18.2 Å². The molecule has 0 amide bonds. The maximum atomic E-state index is 9.75. The van der Waals surface area contributed by atoms with Crippen molar-refractivity contribution in [2.45, 2.75) is 46.1 Å². The Morgan fingerprint density at radius 2 is 1.93 bits per heavy atom. The first kappa shape index (κ1) is 10.7. The average molecular weight is 204 g/mol. The second-order valence-electron chi connectivity index (χ2n) is 5.49. The summed E-state index contributed by atoms with van der Waals surface area (Å²) in [6.45, 7) is 8.61. The molecule has 0 bridgehead atoms. The number of benzene rings is 1. The van der Waals surface area contributed by atoms with Crippen molar-refractivity contribution in [1.29, 1.82) is 0 Å². The van der Waals surface area contributed by atoms with E-state index in [1.807, 2.05) is 0 Å². The molecule has 0 heterocycles. The third kappa shape index (κ3) is 1.59. The fraction of sp³-hybridized carbons (Fsp3) is 0.571. The molecule has 1 aromatic rings. The smallest absolute Gasteiger partial charge is 0.0603 e. The molecule has 0 saturated heterocycles. The highest BCUT2D eigenvalue weighted by Crippen LogP contribution is 2.53. The topological polar surface area (TPSA) is 20.2 Å². The Morgan fingerprint density at radius 1 is 1.27 bits per heavy atom. The number of aliphatic hydroxyl groups is 1. The van der Waals surface area contributed by atoms with Gasteiger partial charge in [-0.05, 0) is 42.7 Å². The van der Waals surface area contributed by atoms with Gasteiger partial charge in [0.1, 0.15) is 0 Å². The third-order valence-electron chi connectivity index (χ3n) is 4.02. The predicted molar refractivity (Wildman–Crippen MR) is 63.1 cm³/mol. The van der Waals surface area contributed by atoms with Crippen molar-refractivity contribution in [2.24, 2.45) is 5.41 Å². The van der Waals surface area contributed by atoms with E-state index < -0.39 is 0 Å². The Balaban J connectivity index is 2.32. The van der Waals surface area contributed by atoms with Gasteiger partial charge in [-0.3, -0.25) is 0 Å². The van der Waals surface area contributed by atoms with Crippen molar-refractivity contribution in [2.75, 3.05) is 0 Å². The lowest BCUT2D eigenvalue weighted by atomic mass is 9.57. The zero-order valence-corrected chi connectivity index (χ0v) is 10.0. The van der Waals surface area contributed by atoms with Crippen LogP contribution in [0.3, 0.4) is 0 Å². The molecular formula is C14H20O. The number of aryl methyl sites for hydroxylation is 2. The van der Waals surface area contributed by atoms with E-state index in [9.17, 15) is 5.11 Å². The molecule has 1 aliphatic rings. The van der Waals surface area contributed by atoms with Gasteiger partial charge in [0.05, 0.1) is 6.10 Å². The van der Waals surface area contributed by atoms with Gasteiger partial charge in [-0.1, -0.05) is 37.6 Å². The minimum atomic E-state index is -0.136. The molecule has 82 valence electrons. The van der Waals surface area contributed by atoms with E-state index in [0.717, 1.165) is 6.42 Å². The molecule has 2 atom stereocenters. The molecule has 0 radical (unpaired) electrons. The van der Waals surface area contributed by atoms with Gasteiger partial charge in [0.2, 0.25) is 0 Å². The van der Waals surface area contributed by atoms with Crippen molar-refractivity contribution >= 4 is 0 Å². The minimum Gasteiger partial charge on any atom is -0.393 e. The third-order valence-corrected chi connectivity index (χ3v) is 4.02. The molecule has 2 unspecified atom stereocenters. The first-order chi connectivity index (χ1) is 6.93. The molecule has 1 saturated carbocycles. The Labute approximate surface area is 92.1 Å². The van der Waals surface area contributed by atoms with Crippen LogP contribution in [0.25, 0.3) is 0 Å². The highest BCUT2D eigenvalue weighted by molar-refractivity contribution is 5.36. The second-order valence-corrected chi connectivity index (χ2v) is 5.49. The van der Waals surface area contributed by atoms with E-state index in [1.165, 1.54) is 16.7 Å². The van der Waals surface area contributed by atoms with Crippen LogP contribution < -0.4 is 0 Å². The summed E-state index contributed by atoms with van der Waals surface area (Å²) in [5, 5.41) is 9.75. The van der Waals surface area contributed by atoms with Crippen LogP contribution in [0.2, 0.25) is 0 Å². The highest BCUT2D eigenvalue weighted by Gasteiger charge is 2.48. The van der Waals surface area contributed by atoms with Crippen molar-refractivity contribution in [3.8, 4) is 0 Å². The van der Waals surface area contributed by atoms with Gasteiger partial charge < -0.3 is 5.11 Å². The Bertz CT molecular complexity index is 379. The Morgan fingerprint density at radius 3 is 2.40 bits per heavy atom. The summed E-state index contributed by atoms with van der Waals surface area (Å²) in [7, 11) is 0. The molecule has 0 aromatic heterocycles. The molecule has 0 aliphatic heterocycles. The Hall–Kier alpha value is -0.820. The standard InChI is InChI=1S/C14H20O/c1-9-5-6-11(10(2)7-9)12-8-13(15)14(12,3)4/h5-7,12-13,15H,8H2,1-4H3. The molecular weight excluding hydrogens is 184 g/mol. The van der Waals surface area contributed by atoms with E-state index in [1.54, 1.807) is 0 Å². The zero-order valence-electron chi connectivity index (χ0n) is 10.0. The predicted octanol–water partition coefficient (Wildman–Crippen LogP) is 3.18. The van der Waals surface area contributed by atoms with Crippen LogP contribution in [0.1, 0.15) is 42.9 Å². The van der Waals surface area contributed by atoms with Crippen molar-refractivity contribution in [3.63, 3.8) is 0 Å². The average Bonchev–Trinajstić information content (AvgIpc) is 2.15. The van der Waals surface area contributed by atoms with Crippen molar-refractivity contribution < 1.29 is 5.11 Å². The van der Waals surface area contributed by atoms with Gasteiger partial charge in [0, 0.05) is 0 Å². The SMILES string of the molecule is Cc1ccc(C2CC(O)C2(C)C)c(C)c1. The first-order valence-electron chi connectivity index (χ1n) is 5.68. The monoisotopic (exact) mass is 204 g/mol. The summed E-state index contributed by atoms with van der Waals surface area (Å²) in [4.78, 5) is 0. The minimum absolute atomic E-state index is 0.0417. The molecule has 15 heavy (non-hydrogen) atoms. The van der Waals surface area contributed by atoms with Crippen LogP contribution in [0, 0.1) is 19.3 Å². The van der Waals surface area contributed by atoms with E-state index in [-0.39, 0.29) is 11.5 Å². The lowest BCUT2D eigenvalue weighted by Crippen LogP contribution is -2.47. The van der Waals surface area contributed by atoms with Crippen LogP contribution in [-0.4, -0.2) is 11.2 Å². The van der Waals surface area contributed by atoms with Crippen LogP contribution in [0.4, 0.5) is 0 Å². The van der Waals surface area contributed by atoms with E-state index in [4.69, 9.17) is 0 Å². The fourth-order valence-electron chi connectivity index (χ4n) is 2.65. The summed E-state index contributed by atoms with van der Waals surface area (Å²) >= 11 is 0. The summed E-state index contributed by atoms with van der Waals surface area (Å²) < 4.78 is 0. The number of rotatable bonds is 1. The molecule has 1 heteroatoms. The van der Waals surface area contributed by atoms with Crippen LogP contribution in [-0.2, 0) is 0 Å². The summed E-state index contributed by atoms with van der Waals surface area (Å²) in [6, 6.07) is 6.63. The molecule has 2 rings (SSSR count). The molecule has 1 nitrogen and oxygen atoms in total. The van der Waals surface area contributed by atoms with Gasteiger partial charge in [-0.25, -0.2) is 0 Å². The number of hydrogen-bond donors (Lipinski definition) is 1. The largest absolute Gasteiger partial charge is 0.393 e. The maximum absolute atomic E-state index is 9.75. The quantitative estimate of drug-likeness (QED) is 0.745. The normalized spacial score (nSPS) is 28.6. The molecule has 0 spiro atoms. The van der Waals surface area contributed by atoms with Crippen LogP contribution in [0.5, 0.6) is 0 Å². The highest BCUT2D eigenvalue weighted by atomic mass is 16.3. The zero-order chi connectivity index (χ0) is 11.2. The second kappa shape index (κ2) is 3.34. The van der Waals surface area contributed by atoms with E-state index >= 15 is 0 Å². The lowest BCUT2D eigenvalue weighted by molar-refractivity contribution is -0.0627. The number of aliphatic hydroxyl groups excluding tert-OH is 1. The van der Waals surface area contributed by atoms with Gasteiger partial charge in [-0.15, -0.1) is 0 Å². The van der Waals surface area contributed by atoms with Gasteiger partial charge in [-0.2, -0.15) is 0 Å². The lowest BCUT2D eigenvalue weighted by Gasteiger charge is -2.50. The molecule has 1 aromatic carbocycles. The molecule has 1 N–H and O–H groups in total. The Kier molecular flexibility index (Phi) is 2.38. The van der Waals surface area contributed by atoms with Gasteiger partial charge >= 0.3 is 0 Å². The van der Waals surface area contributed by atoms with E-state index in [2.05, 4.69) is 45.9 Å². The van der Waals surface area contributed by atoms with Crippen molar-refractivity contribution in [1.82, 2.24) is 0 Å². The number of hydrogen-bond acceptors (Lipinski definition) is 1. The van der Waals surface area contributed by atoms with Crippen LogP contribution >= 0.6 is 0 Å². The van der Waals surface area contributed by atoms with E-state index in [0.29, 0.717) is 5.92 Å².